The number of carbonyl (C=O) groups is 1. The van der Waals surface area contributed by atoms with Crippen LogP contribution in [-0.4, -0.2) is 27.5 Å². The average molecular weight is 262 g/mol. The zero-order valence-corrected chi connectivity index (χ0v) is 10.1. The molecule has 0 aliphatic rings. The highest BCUT2D eigenvalue weighted by Gasteiger charge is 2.08. The summed E-state index contributed by atoms with van der Waals surface area (Å²) in [5.41, 5.74) is 0.506. The number of anilines is 1. The highest BCUT2D eigenvalue weighted by Crippen LogP contribution is 2.09. The molecule has 1 N–H and O–H groups in total. The van der Waals surface area contributed by atoms with Crippen LogP contribution < -0.4 is 10.1 Å². The maximum atomic E-state index is 12.9. The quantitative estimate of drug-likeness (QED) is 0.906. The molecule has 0 unspecified atom stereocenters. The molecule has 98 valence electrons. The predicted octanol–water partition coefficient (Wildman–Crippen LogP) is 1.66. The van der Waals surface area contributed by atoms with Crippen molar-refractivity contribution in [1.29, 1.82) is 0 Å². The summed E-state index contributed by atoms with van der Waals surface area (Å²) in [6.07, 6.45) is 5.11. The van der Waals surface area contributed by atoms with Crippen molar-refractivity contribution >= 4 is 11.6 Å². The van der Waals surface area contributed by atoms with Crippen LogP contribution in [0.1, 0.15) is 17.3 Å². The first-order chi connectivity index (χ1) is 9.19. The predicted molar refractivity (Wildman–Crippen MR) is 65.3 cm³/mol. The second-order valence-electron chi connectivity index (χ2n) is 3.53. The molecule has 1 amide bonds. The van der Waals surface area contributed by atoms with Crippen molar-refractivity contribution in [2.45, 2.75) is 6.92 Å². The van der Waals surface area contributed by atoms with E-state index in [0.29, 0.717) is 12.3 Å². The number of carbonyl (C=O) groups excluding carboxylic acids is 1. The van der Waals surface area contributed by atoms with Gasteiger partial charge >= 0.3 is 6.01 Å². The van der Waals surface area contributed by atoms with Gasteiger partial charge in [0.25, 0.3) is 5.91 Å². The van der Waals surface area contributed by atoms with Gasteiger partial charge in [0, 0.05) is 6.20 Å². The van der Waals surface area contributed by atoms with E-state index in [-0.39, 0.29) is 11.6 Å². The van der Waals surface area contributed by atoms with E-state index in [1.807, 2.05) is 6.92 Å². The van der Waals surface area contributed by atoms with Gasteiger partial charge in [-0.3, -0.25) is 9.78 Å². The minimum atomic E-state index is -0.574. The lowest BCUT2D eigenvalue weighted by atomic mass is 10.2. The first-order valence-corrected chi connectivity index (χ1v) is 5.56. The van der Waals surface area contributed by atoms with Crippen LogP contribution in [0.4, 0.5) is 10.1 Å². The van der Waals surface area contributed by atoms with Crippen LogP contribution >= 0.6 is 0 Å². The van der Waals surface area contributed by atoms with E-state index in [0.717, 1.165) is 12.3 Å². The second-order valence-corrected chi connectivity index (χ2v) is 3.53. The Labute approximate surface area is 108 Å². The number of aromatic nitrogens is 3. The normalized spacial score (nSPS) is 10.0. The van der Waals surface area contributed by atoms with Gasteiger partial charge in [0.15, 0.2) is 0 Å². The summed E-state index contributed by atoms with van der Waals surface area (Å²) >= 11 is 0. The number of rotatable bonds is 4. The molecule has 2 heterocycles. The molecule has 2 aromatic rings. The molecule has 0 spiro atoms. The lowest BCUT2D eigenvalue weighted by Gasteiger charge is -2.05. The van der Waals surface area contributed by atoms with Crippen molar-refractivity contribution < 1.29 is 13.9 Å². The van der Waals surface area contributed by atoms with E-state index in [4.69, 9.17) is 4.74 Å². The van der Waals surface area contributed by atoms with E-state index < -0.39 is 11.7 Å². The third kappa shape index (κ3) is 3.44. The summed E-state index contributed by atoms with van der Waals surface area (Å²) in [5, 5.41) is 2.53. The molecule has 0 bridgehead atoms. The number of hydrogen-bond donors (Lipinski definition) is 1. The molecule has 6 nitrogen and oxygen atoms in total. The Bertz CT molecular complexity index is 574. The summed E-state index contributed by atoms with van der Waals surface area (Å²) < 4.78 is 18.0. The van der Waals surface area contributed by atoms with Gasteiger partial charge < -0.3 is 10.1 Å². The smallest absolute Gasteiger partial charge is 0.316 e. The van der Waals surface area contributed by atoms with Crippen LogP contribution in [0.5, 0.6) is 6.01 Å². The summed E-state index contributed by atoms with van der Waals surface area (Å²) in [6, 6.07) is 1.32. The van der Waals surface area contributed by atoms with Crippen LogP contribution in [0.15, 0.2) is 30.9 Å². The van der Waals surface area contributed by atoms with Crippen LogP contribution in [-0.2, 0) is 0 Å². The van der Waals surface area contributed by atoms with Gasteiger partial charge in [-0.15, -0.1) is 0 Å². The maximum Gasteiger partial charge on any atom is 0.316 e. The Kier molecular flexibility index (Phi) is 3.97. The van der Waals surface area contributed by atoms with Gasteiger partial charge in [0.05, 0.1) is 36.4 Å². The molecule has 0 aliphatic carbocycles. The molecule has 2 rings (SSSR count). The number of pyridine rings is 1. The van der Waals surface area contributed by atoms with E-state index >= 15 is 0 Å². The topological polar surface area (TPSA) is 77.0 Å². The Morgan fingerprint density at radius 3 is 2.68 bits per heavy atom. The summed E-state index contributed by atoms with van der Waals surface area (Å²) in [6.45, 7) is 2.27. The lowest BCUT2D eigenvalue weighted by molar-refractivity contribution is 0.102. The standard InChI is InChI=1S/C12H11FN4O2/c1-2-19-12-15-6-10(7-16-12)17-11(18)8-3-9(13)5-14-4-8/h3-7H,2H2,1H3,(H,17,18). The first kappa shape index (κ1) is 12.9. The van der Waals surface area contributed by atoms with Crippen molar-refractivity contribution in [2.24, 2.45) is 0 Å². The Hall–Kier alpha value is -2.57. The van der Waals surface area contributed by atoms with E-state index in [2.05, 4.69) is 20.3 Å². The van der Waals surface area contributed by atoms with Crippen molar-refractivity contribution in [3.8, 4) is 6.01 Å². The molecule has 0 atom stereocenters. The number of amides is 1. The molecule has 0 aliphatic heterocycles. The molecule has 2 aromatic heterocycles. The largest absolute Gasteiger partial charge is 0.464 e. The van der Waals surface area contributed by atoms with Crippen molar-refractivity contribution in [1.82, 2.24) is 15.0 Å². The fraction of sp³-hybridized carbons (Fsp3) is 0.167. The average Bonchev–Trinajstić information content (AvgIpc) is 2.41. The highest BCUT2D eigenvalue weighted by molar-refractivity contribution is 6.03. The molecule has 0 fully saturated rings. The fourth-order valence-electron chi connectivity index (χ4n) is 1.32. The molecule has 0 saturated carbocycles. The minimum absolute atomic E-state index is 0.119. The second kappa shape index (κ2) is 5.85. The van der Waals surface area contributed by atoms with Gasteiger partial charge in [0.2, 0.25) is 0 Å². The summed E-state index contributed by atoms with van der Waals surface area (Å²) in [4.78, 5) is 23.2. The van der Waals surface area contributed by atoms with Crippen molar-refractivity contribution in [3.05, 3.63) is 42.2 Å². The van der Waals surface area contributed by atoms with Gasteiger partial charge in [-0.2, -0.15) is 0 Å². The third-order valence-corrected chi connectivity index (χ3v) is 2.13. The van der Waals surface area contributed by atoms with Crippen LogP contribution in [0.3, 0.4) is 0 Å². The maximum absolute atomic E-state index is 12.9. The van der Waals surface area contributed by atoms with E-state index in [9.17, 15) is 9.18 Å². The van der Waals surface area contributed by atoms with E-state index in [1.54, 1.807) is 0 Å². The fourth-order valence-corrected chi connectivity index (χ4v) is 1.32. The Morgan fingerprint density at radius 1 is 1.32 bits per heavy atom. The number of halogens is 1. The number of nitrogens with zero attached hydrogens (tertiary/aromatic N) is 3. The number of hydrogen-bond acceptors (Lipinski definition) is 5. The SMILES string of the molecule is CCOc1ncc(NC(=O)c2cncc(F)c2)cn1. The monoisotopic (exact) mass is 262 g/mol. The van der Waals surface area contributed by atoms with Crippen LogP contribution in [0.2, 0.25) is 0 Å². The lowest BCUT2D eigenvalue weighted by Crippen LogP contribution is -2.13. The van der Waals surface area contributed by atoms with Gasteiger partial charge in [-0.05, 0) is 13.0 Å². The molecular formula is C12H11FN4O2. The molecule has 0 saturated heterocycles. The third-order valence-electron chi connectivity index (χ3n) is 2.13. The zero-order chi connectivity index (χ0) is 13.7. The zero-order valence-electron chi connectivity index (χ0n) is 10.1. The first-order valence-electron chi connectivity index (χ1n) is 5.56. The van der Waals surface area contributed by atoms with Gasteiger partial charge in [0.1, 0.15) is 5.82 Å². The molecule has 0 aromatic carbocycles. The summed E-state index contributed by atoms with van der Waals surface area (Å²) in [5.74, 6) is -1.06. The van der Waals surface area contributed by atoms with Crippen molar-refractivity contribution in [3.63, 3.8) is 0 Å². The minimum Gasteiger partial charge on any atom is -0.464 e. The summed E-state index contributed by atoms with van der Waals surface area (Å²) in [7, 11) is 0. The van der Waals surface area contributed by atoms with Gasteiger partial charge in [-0.25, -0.2) is 14.4 Å². The molecule has 19 heavy (non-hydrogen) atoms. The van der Waals surface area contributed by atoms with Crippen molar-refractivity contribution in [2.75, 3.05) is 11.9 Å². The van der Waals surface area contributed by atoms with Gasteiger partial charge in [-0.1, -0.05) is 0 Å². The molecule has 7 heteroatoms. The highest BCUT2D eigenvalue weighted by atomic mass is 19.1. The molecule has 0 radical (unpaired) electrons. The number of nitrogens with one attached hydrogen (secondary N) is 1. The van der Waals surface area contributed by atoms with Crippen LogP contribution in [0.25, 0.3) is 0 Å². The number of ether oxygens (including phenoxy) is 1. The molecular weight excluding hydrogens is 251 g/mol. The van der Waals surface area contributed by atoms with E-state index in [1.165, 1.54) is 18.6 Å². The Morgan fingerprint density at radius 2 is 2.05 bits per heavy atom. The van der Waals surface area contributed by atoms with Crippen LogP contribution in [0, 0.1) is 5.82 Å². The Balaban J connectivity index is 2.06.